The zero-order chi connectivity index (χ0) is 18.5. The van der Waals surface area contributed by atoms with Gasteiger partial charge in [-0.2, -0.15) is 0 Å². The van der Waals surface area contributed by atoms with Crippen molar-refractivity contribution in [1.29, 1.82) is 0 Å². The van der Waals surface area contributed by atoms with Crippen molar-refractivity contribution < 1.29 is 9.59 Å². The number of carbonyl (C=O) groups excluding carboxylic acids is 2. The summed E-state index contributed by atoms with van der Waals surface area (Å²) in [5, 5.41) is 0. The largest absolute Gasteiger partial charge is 0.342 e. The molecular formula is C20H24N4O2. The second-order valence-electron chi connectivity index (χ2n) is 6.28. The van der Waals surface area contributed by atoms with Gasteiger partial charge in [0.15, 0.2) is 0 Å². The first-order valence-electron chi connectivity index (χ1n) is 8.93. The maximum Gasteiger partial charge on any atom is 0.272 e. The van der Waals surface area contributed by atoms with Gasteiger partial charge in [-0.3, -0.25) is 14.6 Å². The number of hydrogen-bond donors (Lipinski definition) is 0. The molecule has 0 bridgehead atoms. The van der Waals surface area contributed by atoms with E-state index < -0.39 is 0 Å². The van der Waals surface area contributed by atoms with E-state index in [-0.39, 0.29) is 11.8 Å². The molecule has 0 atom stereocenters. The fourth-order valence-electron chi connectivity index (χ4n) is 3.21. The van der Waals surface area contributed by atoms with Crippen LogP contribution in [-0.4, -0.2) is 59.3 Å². The maximum atomic E-state index is 12.8. The smallest absolute Gasteiger partial charge is 0.272 e. The number of pyridine rings is 1. The van der Waals surface area contributed by atoms with Gasteiger partial charge >= 0.3 is 0 Å². The van der Waals surface area contributed by atoms with Crippen LogP contribution in [-0.2, 0) is 4.79 Å². The van der Waals surface area contributed by atoms with Crippen LogP contribution in [0.25, 0.3) is 0 Å². The molecule has 1 saturated heterocycles. The molecule has 6 nitrogen and oxygen atoms in total. The minimum atomic E-state index is -0.0841. The standard InChI is InChI=1S/C20H24N4O2/c1-3-24(17-7-5-4-6-8-17)18-9-10-21-19(15-18)20(26)23-13-11-22(12-14-23)16(2)25/h4-10,15H,3,11-14H2,1-2H3. The predicted molar refractivity (Wildman–Crippen MR) is 102 cm³/mol. The summed E-state index contributed by atoms with van der Waals surface area (Å²) >= 11 is 0. The molecule has 26 heavy (non-hydrogen) atoms. The predicted octanol–water partition coefficient (Wildman–Crippen LogP) is 2.54. The summed E-state index contributed by atoms with van der Waals surface area (Å²) in [6.45, 7) is 6.67. The third kappa shape index (κ3) is 3.85. The van der Waals surface area contributed by atoms with E-state index in [9.17, 15) is 9.59 Å². The van der Waals surface area contributed by atoms with Crippen LogP contribution in [0, 0.1) is 0 Å². The first kappa shape index (κ1) is 17.9. The van der Waals surface area contributed by atoms with Gasteiger partial charge in [0.05, 0.1) is 0 Å². The molecular weight excluding hydrogens is 328 g/mol. The first-order chi connectivity index (χ1) is 12.6. The van der Waals surface area contributed by atoms with Crippen molar-refractivity contribution in [3.8, 4) is 0 Å². The van der Waals surface area contributed by atoms with Crippen LogP contribution < -0.4 is 4.90 Å². The number of nitrogens with zero attached hydrogens (tertiary/aromatic N) is 4. The number of aromatic nitrogens is 1. The normalized spacial score (nSPS) is 14.2. The third-order valence-electron chi connectivity index (χ3n) is 4.67. The number of anilines is 2. The lowest BCUT2D eigenvalue weighted by atomic mass is 10.2. The topological polar surface area (TPSA) is 56.8 Å². The summed E-state index contributed by atoms with van der Waals surface area (Å²) in [5.74, 6) is -0.0298. The molecule has 136 valence electrons. The van der Waals surface area contributed by atoms with E-state index in [0.29, 0.717) is 31.9 Å². The Labute approximate surface area is 154 Å². The van der Waals surface area contributed by atoms with E-state index in [1.807, 2.05) is 42.5 Å². The van der Waals surface area contributed by atoms with Crippen molar-refractivity contribution in [2.24, 2.45) is 0 Å². The van der Waals surface area contributed by atoms with Crippen molar-refractivity contribution in [3.63, 3.8) is 0 Å². The lowest BCUT2D eigenvalue weighted by Crippen LogP contribution is -2.50. The lowest BCUT2D eigenvalue weighted by Gasteiger charge is -2.34. The van der Waals surface area contributed by atoms with Crippen LogP contribution in [0.3, 0.4) is 0 Å². The van der Waals surface area contributed by atoms with Crippen LogP contribution >= 0.6 is 0 Å². The van der Waals surface area contributed by atoms with E-state index in [4.69, 9.17) is 0 Å². The number of amides is 2. The van der Waals surface area contributed by atoms with E-state index in [2.05, 4.69) is 16.8 Å². The molecule has 0 radical (unpaired) electrons. The number of piperazine rings is 1. The SMILES string of the molecule is CCN(c1ccccc1)c1ccnc(C(=O)N2CCN(C(C)=O)CC2)c1. The van der Waals surface area contributed by atoms with Crippen molar-refractivity contribution in [2.75, 3.05) is 37.6 Å². The Morgan fingerprint density at radius 1 is 1.00 bits per heavy atom. The Balaban J connectivity index is 1.77. The summed E-state index contributed by atoms with van der Waals surface area (Å²) in [7, 11) is 0. The molecule has 1 aliphatic heterocycles. The highest BCUT2D eigenvalue weighted by Gasteiger charge is 2.24. The van der Waals surface area contributed by atoms with Crippen molar-refractivity contribution >= 4 is 23.2 Å². The molecule has 2 aromatic rings. The summed E-state index contributed by atoms with van der Waals surface area (Å²) in [5.41, 5.74) is 2.46. The Kier molecular flexibility index (Phi) is 5.51. The molecule has 2 heterocycles. The quantitative estimate of drug-likeness (QED) is 0.849. The van der Waals surface area contributed by atoms with Gasteiger partial charge in [0, 0.05) is 57.2 Å². The molecule has 3 rings (SSSR count). The Bertz CT molecular complexity index is 770. The molecule has 0 spiro atoms. The Morgan fingerprint density at radius 2 is 1.65 bits per heavy atom. The van der Waals surface area contributed by atoms with Gasteiger partial charge in [0.25, 0.3) is 5.91 Å². The monoisotopic (exact) mass is 352 g/mol. The van der Waals surface area contributed by atoms with Crippen LogP contribution in [0.1, 0.15) is 24.3 Å². The molecule has 1 fully saturated rings. The van der Waals surface area contributed by atoms with Gasteiger partial charge in [0.2, 0.25) is 5.91 Å². The Morgan fingerprint density at radius 3 is 2.27 bits per heavy atom. The van der Waals surface area contributed by atoms with Gasteiger partial charge in [-0.15, -0.1) is 0 Å². The van der Waals surface area contributed by atoms with Crippen LogP contribution in [0.15, 0.2) is 48.7 Å². The number of rotatable bonds is 4. The van der Waals surface area contributed by atoms with Crippen molar-refractivity contribution in [1.82, 2.24) is 14.8 Å². The average Bonchev–Trinajstić information content (AvgIpc) is 2.69. The van der Waals surface area contributed by atoms with Crippen LogP contribution in [0.5, 0.6) is 0 Å². The third-order valence-corrected chi connectivity index (χ3v) is 4.67. The highest BCUT2D eigenvalue weighted by atomic mass is 16.2. The molecule has 0 aliphatic carbocycles. The first-order valence-corrected chi connectivity index (χ1v) is 8.93. The second kappa shape index (κ2) is 7.99. The van der Waals surface area contributed by atoms with Gasteiger partial charge in [0.1, 0.15) is 5.69 Å². The highest BCUT2D eigenvalue weighted by molar-refractivity contribution is 5.93. The summed E-state index contributed by atoms with van der Waals surface area (Å²) in [6, 6.07) is 13.8. The van der Waals surface area contributed by atoms with E-state index >= 15 is 0 Å². The van der Waals surface area contributed by atoms with Gasteiger partial charge < -0.3 is 14.7 Å². The van der Waals surface area contributed by atoms with E-state index in [1.165, 1.54) is 0 Å². The molecule has 1 aromatic carbocycles. The van der Waals surface area contributed by atoms with Crippen LogP contribution in [0.2, 0.25) is 0 Å². The van der Waals surface area contributed by atoms with Crippen molar-refractivity contribution in [2.45, 2.75) is 13.8 Å². The molecule has 0 saturated carbocycles. The summed E-state index contributed by atoms with van der Waals surface area (Å²) < 4.78 is 0. The molecule has 1 aromatic heterocycles. The fraction of sp³-hybridized carbons (Fsp3) is 0.350. The molecule has 0 N–H and O–H groups in total. The minimum absolute atomic E-state index is 0.0543. The second-order valence-corrected chi connectivity index (χ2v) is 6.28. The average molecular weight is 352 g/mol. The highest BCUT2D eigenvalue weighted by Crippen LogP contribution is 2.25. The summed E-state index contributed by atoms with van der Waals surface area (Å²) in [4.78, 5) is 34.2. The molecule has 0 unspecified atom stereocenters. The molecule has 2 amide bonds. The molecule has 1 aliphatic rings. The zero-order valence-electron chi connectivity index (χ0n) is 15.3. The van der Waals surface area contributed by atoms with E-state index in [0.717, 1.165) is 17.9 Å². The minimum Gasteiger partial charge on any atom is -0.342 e. The Hall–Kier alpha value is -2.89. The van der Waals surface area contributed by atoms with Gasteiger partial charge in [-0.25, -0.2) is 0 Å². The van der Waals surface area contributed by atoms with E-state index in [1.54, 1.807) is 22.9 Å². The summed E-state index contributed by atoms with van der Waals surface area (Å²) in [6.07, 6.45) is 1.68. The number of carbonyl (C=O) groups is 2. The lowest BCUT2D eigenvalue weighted by molar-refractivity contribution is -0.130. The number of hydrogen-bond acceptors (Lipinski definition) is 4. The van der Waals surface area contributed by atoms with Gasteiger partial charge in [-0.1, -0.05) is 18.2 Å². The number of para-hydroxylation sites is 1. The molecule has 6 heteroatoms. The number of benzene rings is 1. The van der Waals surface area contributed by atoms with Crippen LogP contribution in [0.4, 0.5) is 11.4 Å². The fourth-order valence-corrected chi connectivity index (χ4v) is 3.21. The maximum absolute atomic E-state index is 12.8. The van der Waals surface area contributed by atoms with Gasteiger partial charge in [-0.05, 0) is 31.2 Å². The zero-order valence-corrected chi connectivity index (χ0v) is 15.3. The van der Waals surface area contributed by atoms with Crippen molar-refractivity contribution in [3.05, 3.63) is 54.4 Å².